The Morgan fingerprint density at radius 2 is 1.74 bits per heavy atom. The van der Waals surface area contributed by atoms with E-state index in [2.05, 4.69) is 10.6 Å². The summed E-state index contributed by atoms with van der Waals surface area (Å²) >= 11 is 1.28. The van der Waals surface area contributed by atoms with Crippen molar-refractivity contribution < 1.29 is 9.59 Å². The van der Waals surface area contributed by atoms with Gasteiger partial charge >= 0.3 is 5.69 Å². The van der Waals surface area contributed by atoms with E-state index in [-0.39, 0.29) is 35.8 Å². The number of hydrogen-bond acceptors (Lipinski definition) is 5. The molecule has 0 unspecified atom stereocenters. The smallest absolute Gasteiger partial charge is 0.332 e. The van der Waals surface area contributed by atoms with Gasteiger partial charge in [-0.05, 0) is 55.0 Å². The largest absolute Gasteiger partial charge is 0.356 e. The Morgan fingerprint density at radius 3 is 2.46 bits per heavy atom. The lowest BCUT2D eigenvalue weighted by Crippen LogP contribution is -2.44. The van der Waals surface area contributed by atoms with Crippen LogP contribution in [-0.2, 0) is 29.2 Å². The third-order valence-electron chi connectivity index (χ3n) is 6.68. The van der Waals surface area contributed by atoms with Crippen LogP contribution in [0.25, 0.3) is 10.2 Å². The molecule has 1 fully saturated rings. The molecule has 9 heteroatoms. The minimum atomic E-state index is -0.460. The van der Waals surface area contributed by atoms with Crippen LogP contribution in [0.5, 0.6) is 0 Å². The molecule has 35 heavy (non-hydrogen) atoms. The Bertz CT molecular complexity index is 1290. The van der Waals surface area contributed by atoms with Crippen molar-refractivity contribution in [2.45, 2.75) is 58.7 Å². The number of nitrogens with zero attached hydrogens (tertiary/aromatic N) is 2. The molecule has 0 spiro atoms. The summed E-state index contributed by atoms with van der Waals surface area (Å²) < 4.78 is 3.16. The highest BCUT2D eigenvalue weighted by molar-refractivity contribution is 7.17. The number of rotatable bonds is 9. The number of fused-ring (bicyclic) bond motifs is 1. The average molecular weight is 497 g/mol. The first-order valence-corrected chi connectivity index (χ1v) is 13.1. The highest BCUT2D eigenvalue weighted by Crippen LogP contribution is 2.29. The van der Waals surface area contributed by atoms with E-state index in [0.29, 0.717) is 29.9 Å². The average Bonchev–Trinajstić information content (AvgIpc) is 3.37. The highest BCUT2D eigenvalue weighted by Gasteiger charge is 2.27. The number of amides is 2. The van der Waals surface area contributed by atoms with Gasteiger partial charge in [0.1, 0.15) is 11.2 Å². The molecular formula is C26H32N4O4S. The maximum Gasteiger partial charge on any atom is 0.332 e. The summed E-state index contributed by atoms with van der Waals surface area (Å²) in [6.07, 6.45) is 4.00. The molecule has 186 valence electrons. The molecule has 1 saturated carbocycles. The van der Waals surface area contributed by atoms with Gasteiger partial charge in [-0.3, -0.25) is 23.5 Å². The van der Waals surface area contributed by atoms with Crippen molar-refractivity contribution in [2.75, 3.05) is 6.54 Å². The van der Waals surface area contributed by atoms with Crippen molar-refractivity contribution in [2.24, 2.45) is 11.8 Å². The summed E-state index contributed by atoms with van der Waals surface area (Å²) in [5, 5.41) is 7.59. The molecule has 2 N–H and O–H groups in total. The highest BCUT2D eigenvalue weighted by atomic mass is 32.1. The number of carbonyl (C=O) groups excluding carboxylic acids is 2. The van der Waals surface area contributed by atoms with E-state index < -0.39 is 5.69 Å². The van der Waals surface area contributed by atoms with E-state index in [9.17, 15) is 19.2 Å². The van der Waals surface area contributed by atoms with Crippen molar-refractivity contribution in [3.8, 4) is 0 Å². The quantitative estimate of drug-likeness (QED) is 0.476. The number of benzene rings is 1. The first-order chi connectivity index (χ1) is 17.0. The molecule has 4 rings (SSSR count). The summed E-state index contributed by atoms with van der Waals surface area (Å²) in [5.41, 5.74) is 0.701. The minimum absolute atomic E-state index is 0.000679. The summed E-state index contributed by atoms with van der Waals surface area (Å²) in [6.45, 7) is 3.24. The van der Waals surface area contributed by atoms with Gasteiger partial charge < -0.3 is 10.6 Å². The second-order valence-corrected chi connectivity index (χ2v) is 10.1. The van der Waals surface area contributed by atoms with Gasteiger partial charge in [-0.2, -0.15) is 0 Å². The Morgan fingerprint density at radius 1 is 1.00 bits per heavy atom. The SMILES string of the molecule is CCCNC(=O)C1CCC(Cn2c(=O)c3sccc3n(CC(=O)NCc3ccccc3)c2=O)CC1. The number of nitrogens with one attached hydrogen (secondary N) is 2. The molecule has 1 aliphatic rings. The zero-order valence-electron chi connectivity index (χ0n) is 20.0. The lowest BCUT2D eigenvalue weighted by atomic mass is 9.81. The minimum Gasteiger partial charge on any atom is -0.356 e. The number of aromatic nitrogens is 2. The Kier molecular flexibility index (Phi) is 8.17. The molecule has 2 aromatic heterocycles. The van der Waals surface area contributed by atoms with Crippen molar-refractivity contribution in [3.63, 3.8) is 0 Å². The van der Waals surface area contributed by atoms with Crippen molar-refractivity contribution >= 4 is 33.4 Å². The Labute approximate surface area is 208 Å². The van der Waals surface area contributed by atoms with Crippen LogP contribution in [0, 0.1) is 11.8 Å². The van der Waals surface area contributed by atoms with E-state index in [1.807, 2.05) is 37.3 Å². The van der Waals surface area contributed by atoms with Gasteiger partial charge in [-0.25, -0.2) is 4.79 Å². The molecule has 8 nitrogen and oxygen atoms in total. The molecule has 0 saturated heterocycles. The molecule has 3 aromatic rings. The first kappa shape index (κ1) is 24.9. The van der Waals surface area contributed by atoms with Crippen LogP contribution in [-0.4, -0.2) is 27.5 Å². The summed E-state index contributed by atoms with van der Waals surface area (Å²) in [5.74, 6) is -0.0359. The first-order valence-electron chi connectivity index (χ1n) is 12.3. The fraction of sp³-hybridized carbons (Fsp3) is 0.462. The summed E-state index contributed by atoms with van der Waals surface area (Å²) in [6, 6.07) is 11.3. The number of hydrogen-bond donors (Lipinski definition) is 2. The van der Waals surface area contributed by atoms with E-state index >= 15 is 0 Å². The van der Waals surface area contributed by atoms with Crippen molar-refractivity contribution in [1.82, 2.24) is 19.8 Å². The van der Waals surface area contributed by atoms with E-state index in [4.69, 9.17) is 0 Å². The number of thiophene rings is 1. The predicted octanol–water partition coefficient (Wildman–Crippen LogP) is 2.87. The van der Waals surface area contributed by atoms with Gasteiger partial charge in [-0.15, -0.1) is 11.3 Å². The molecule has 0 bridgehead atoms. The van der Waals surface area contributed by atoms with Gasteiger partial charge in [0.15, 0.2) is 0 Å². The monoisotopic (exact) mass is 496 g/mol. The normalized spacial score (nSPS) is 17.9. The third-order valence-corrected chi connectivity index (χ3v) is 7.57. The van der Waals surface area contributed by atoms with Crippen LogP contribution in [0.3, 0.4) is 0 Å². The maximum atomic E-state index is 13.4. The van der Waals surface area contributed by atoms with Crippen LogP contribution < -0.4 is 21.9 Å². The van der Waals surface area contributed by atoms with Gasteiger partial charge in [0.05, 0.1) is 5.52 Å². The van der Waals surface area contributed by atoms with Crippen LogP contribution in [0.2, 0.25) is 0 Å². The topological polar surface area (TPSA) is 102 Å². The molecule has 2 heterocycles. The molecule has 0 aliphatic heterocycles. The van der Waals surface area contributed by atoms with Crippen LogP contribution in [0.4, 0.5) is 0 Å². The van der Waals surface area contributed by atoms with Crippen LogP contribution in [0.1, 0.15) is 44.6 Å². The lowest BCUT2D eigenvalue weighted by Gasteiger charge is -2.28. The fourth-order valence-corrected chi connectivity index (χ4v) is 5.54. The standard InChI is InChI=1S/C26H32N4O4S/c1-2-13-27-24(32)20-10-8-19(9-11-20)16-30-25(33)23-21(12-14-35-23)29(26(30)34)17-22(31)28-15-18-6-4-3-5-7-18/h3-7,12,14,19-20H,2,8-11,13,15-17H2,1H3,(H,27,32)(H,28,31). The second kappa shape index (κ2) is 11.5. The zero-order chi connectivity index (χ0) is 24.8. The molecular weight excluding hydrogens is 464 g/mol. The molecule has 1 aromatic carbocycles. The molecule has 1 aliphatic carbocycles. The zero-order valence-corrected chi connectivity index (χ0v) is 20.8. The van der Waals surface area contributed by atoms with E-state index in [0.717, 1.165) is 37.7 Å². The summed E-state index contributed by atoms with van der Waals surface area (Å²) in [4.78, 5) is 51.4. The van der Waals surface area contributed by atoms with Gasteiger partial charge in [0.2, 0.25) is 11.8 Å². The van der Waals surface area contributed by atoms with E-state index in [1.54, 1.807) is 11.4 Å². The van der Waals surface area contributed by atoms with Crippen molar-refractivity contribution in [1.29, 1.82) is 0 Å². The van der Waals surface area contributed by atoms with Gasteiger partial charge in [-0.1, -0.05) is 37.3 Å². The molecule has 0 atom stereocenters. The predicted molar refractivity (Wildman–Crippen MR) is 137 cm³/mol. The summed E-state index contributed by atoms with van der Waals surface area (Å²) in [7, 11) is 0. The Balaban J connectivity index is 1.47. The van der Waals surface area contributed by atoms with Gasteiger partial charge in [0.25, 0.3) is 5.56 Å². The van der Waals surface area contributed by atoms with Crippen molar-refractivity contribution in [3.05, 3.63) is 68.2 Å². The second-order valence-electron chi connectivity index (χ2n) is 9.19. The maximum absolute atomic E-state index is 13.4. The molecule has 0 radical (unpaired) electrons. The number of carbonyl (C=O) groups is 2. The van der Waals surface area contributed by atoms with E-state index in [1.165, 1.54) is 20.5 Å². The molecule has 2 amide bonds. The van der Waals surface area contributed by atoms with Gasteiger partial charge in [0, 0.05) is 25.6 Å². The fourth-order valence-electron chi connectivity index (χ4n) is 4.70. The Hall–Kier alpha value is -3.20. The lowest BCUT2D eigenvalue weighted by molar-refractivity contribution is -0.126. The third kappa shape index (κ3) is 5.90. The van der Waals surface area contributed by atoms with Crippen LogP contribution in [0.15, 0.2) is 51.4 Å². The van der Waals surface area contributed by atoms with Crippen LogP contribution >= 0.6 is 11.3 Å².